The number of carbonyl (C=O) groups is 2. The van der Waals surface area contributed by atoms with E-state index in [0.29, 0.717) is 13.0 Å². The Balaban J connectivity index is 2.03. The van der Waals surface area contributed by atoms with Crippen LogP contribution in [0.2, 0.25) is 0 Å². The van der Waals surface area contributed by atoms with Crippen molar-refractivity contribution in [1.82, 2.24) is 14.8 Å². The highest BCUT2D eigenvalue weighted by atomic mass is 16.2. The van der Waals surface area contributed by atoms with E-state index in [-0.39, 0.29) is 23.8 Å². The van der Waals surface area contributed by atoms with E-state index in [1.165, 1.54) is 0 Å². The van der Waals surface area contributed by atoms with Crippen molar-refractivity contribution in [2.75, 3.05) is 20.6 Å². The summed E-state index contributed by atoms with van der Waals surface area (Å²) in [7, 11) is 3.58. The van der Waals surface area contributed by atoms with Crippen LogP contribution in [-0.2, 0) is 9.59 Å². The van der Waals surface area contributed by atoms with Crippen LogP contribution in [0.1, 0.15) is 31.4 Å². The summed E-state index contributed by atoms with van der Waals surface area (Å²) >= 11 is 0. The van der Waals surface area contributed by atoms with Gasteiger partial charge in [-0.25, -0.2) is 0 Å². The fourth-order valence-electron chi connectivity index (χ4n) is 2.48. The number of likely N-dealkylation sites (tertiary alicyclic amines) is 1. The molecule has 0 bridgehead atoms. The molecule has 0 radical (unpaired) electrons. The molecule has 2 amide bonds. The van der Waals surface area contributed by atoms with Gasteiger partial charge in [0.25, 0.3) is 0 Å². The summed E-state index contributed by atoms with van der Waals surface area (Å²) in [5.41, 5.74) is 1.00. The number of piperidine rings is 1. The molecule has 0 N–H and O–H groups in total. The van der Waals surface area contributed by atoms with Crippen LogP contribution in [-0.4, -0.2) is 47.2 Å². The van der Waals surface area contributed by atoms with E-state index in [0.717, 1.165) is 12.0 Å². The lowest BCUT2D eigenvalue weighted by Crippen LogP contribution is -2.43. The number of nitrogens with zero attached hydrogens (tertiary/aromatic N) is 3. The van der Waals surface area contributed by atoms with Crippen molar-refractivity contribution in [2.45, 2.75) is 25.8 Å². The molecule has 5 nitrogen and oxygen atoms in total. The normalized spacial score (nSPS) is 20.6. The van der Waals surface area contributed by atoms with Crippen LogP contribution < -0.4 is 0 Å². The number of hydrogen-bond acceptors (Lipinski definition) is 3. The standard InChI is InChI=1S/C15H21N3O2/c1-11(13-5-4-7-16-10-13)18(3)15(20)12-6-8-17(2)14(19)9-12/h4-5,7,10-12H,6,8-9H2,1-3H3. The van der Waals surface area contributed by atoms with E-state index < -0.39 is 0 Å². The van der Waals surface area contributed by atoms with Gasteiger partial charge in [-0.05, 0) is 25.0 Å². The second kappa shape index (κ2) is 6.03. The van der Waals surface area contributed by atoms with Crippen LogP contribution in [0.3, 0.4) is 0 Å². The largest absolute Gasteiger partial charge is 0.346 e. The quantitative estimate of drug-likeness (QED) is 0.839. The van der Waals surface area contributed by atoms with E-state index in [4.69, 9.17) is 0 Å². The van der Waals surface area contributed by atoms with Crippen molar-refractivity contribution in [3.63, 3.8) is 0 Å². The van der Waals surface area contributed by atoms with Crippen LogP contribution in [0.25, 0.3) is 0 Å². The number of aromatic nitrogens is 1. The highest BCUT2D eigenvalue weighted by molar-refractivity contribution is 5.87. The molecule has 2 heterocycles. The van der Waals surface area contributed by atoms with Crippen molar-refractivity contribution < 1.29 is 9.59 Å². The van der Waals surface area contributed by atoms with Gasteiger partial charge in [-0.3, -0.25) is 14.6 Å². The minimum Gasteiger partial charge on any atom is -0.346 e. The maximum atomic E-state index is 12.5. The minimum atomic E-state index is -0.192. The van der Waals surface area contributed by atoms with Gasteiger partial charge in [-0.1, -0.05) is 6.07 Å². The molecule has 2 unspecified atom stereocenters. The molecule has 1 saturated heterocycles. The van der Waals surface area contributed by atoms with Crippen LogP contribution in [0, 0.1) is 5.92 Å². The molecule has 1 aliphatic heterocycles. The van der Waals surface area contributed by atoms with Crippen molar-refractivity contribution >= 4 is 11.8 Å². The molecule has 108 valence electrons. The Morgan fingerprint density at radius 1 is 1.55 bits per heavy atom. The average molecular weight is 275 g/mol. The van der Waals surface area contributed by atoms with Gasteiger partial charge in [0.2, 0.25) is 11.8 Å². The van der Waals surface area contributed by atoms with Crippen molar-refractivity contribution in [3.8, 4) is 0 Å². The molecule has 1 aliphatic rings. The SMILES string of the molecule is CC(c1cccnc1)N(C)C(=O)C1CCN(C)C(=O)C1. The lowest BCUT2D eigenvalue weighted by molar-refractivity contribution is -0.144. The third-order valence-electron chi connectivity index (χ3n) is 4.10. The zero-order valence-corrected chi connectivity index (χ0v) is 12.2. The zero-order valence-electron chi connectivity index (χ0n) is 12.2. The van der Waals surface area contributed by atoms with E-state index in [2.05, 4.69) is 4.98 Å². The zero-order chi connectivity index (χ0) is 14.7. The number of carbonyl (C=O) groups excluding carboxylic acids is 2. The predicted octanol–water partition coefficient (Wildman–Crippen LogP) is 1.47. The lowest BCUT2D eigenvalue weighted by Gasteiger charge is -2.33. The summed E-state index contributed by atoms with van der Waals surface area (Å²) in [5, 5.41) is 0. The smallest absolute Gasteiger partial charge is 0.226 e. The molecular weight excluding hydrogens is 254 g/mol. The van der Waals surface area contributed by atoms with E-state index in [9.17, 15) is 9.59 Å². The Kier molecular flexibility index (Phi) is 4.37. The van der Waals surface area contributed by atoms with Crippen molar-refractivity contribution in [3.05, 3.63) is 30.1 Å². The molecule has 0 saturated carbocycles. The highest BCUT2D eigenvalue weighted by Crippen LogP contribution is 2.24. The summed E-state index contributed by atoms with van der Waals surface area (Å²) in [6, 6.07) is 3.79. The molecule has 2 rings (SSSR count). The molecular formula is C15H21N3O2. The number of pyridine rings is 1. The maximum absolute atomic E-state index is 12.5. The Morgan fingerprint density at radius 3 is 2.90 bits per heavy atom. The van der Waals surface area contributed by atoms with Gasteiger partial charge in [0.15, 0.2) is 0 Å². The van der Waals surface area contributed by atoms with Gasteiger partial charge in [0, 0.05) is 45.4 Å². The first kappa shape index (κ1) is 14.5. The first-order chi connectivity index (χ1) is 9.50. The predicted molar refractivity (Wildman–Crippen MR) is 75.8 cm³/mol. The van der Waals surface area contributed by atoms with Gasteiger partial charge in [0.1, 0.15) is 0 Å². The summed E-state index contributed by atoms with van der Waals surface area (Å²) < 4.78 is 0. The van der Waals surface area contributed by atoms with Crippen molar-refractivity contribution in [2.24, 2.45) is 5.92 Å². The number of rotatable bonds is 3. The topological polar surface area (TPSA) is 53.5 Å². The van der Waals surface area contributed by atoms with Gasteiger partial charge in [-0.15, -0.1) is 0 Å². The molecule has 1 aromatic rings. The van der Waals surface area contributed by atoms with E-state index in [1.54, 1.807) is 36.3 Å². The lowest BCUT2D eigenvalue weighted by atomic mass is 9.94. The molecule has 1 aromatic heterocycles. The summed E-state index contributed by atoms with van der Waals surface area (Å²) in [6.07, 6.45) is 4.55. The Labute approximate surface area is 119 Å². The summed E-state index contributed by atoms with van der Waals surface area (Å²) in [5.74, 6) is -0.0948. The van der Waals surface area contributed by atoms with E-state index >= 15 is 0 Å². The molecule has 5 heteroatoms. The minimum absolute atomic E-state index is 0.0361. The van der Waals surface area contributed by atoms with Crippen LogP contribution >= 0.6 is 0 Å². The summed E-state index contributed by atoms with van der Waals surface area (Å²) in [4.78, 5) is 31.7. The summed E-state index contributed by atoms with van der Waals surface area (Å²) in [6.45, 7) is 2.63. The second-order valence-electron chi connectivity index (χ2n) is 5.42. The molecule has 0 spiro atoms. The third-order valence-corrected chi connectivity index (χ3v) is 4.10. The average Bonchev–Trinajstić information content (AvgIpc) is 2.48. The first-order valence-electron chi connectivity index (χ1n) is 6.91. The molecule has 0 aliphatic carbocycles. The fourth-order valence-corrected chi connectivity index (χ4v) is 2.48. The molecule has 20 heavy (non-hydrogen) atoms. The Hall–Kier alpha value is -1.91. The van der Waals surface area contributed by atoms with Gasteiger partial charge in [-0.2, -0.15) is 0 Å². The van der Waals surface area contributed by atoms with Crippen LogP contribution in [0.15, 0.2) is 24.5 Å². The van der Waals surface area contributed by atoms with Gasteiger partial charge < -0.3 is 9.80 Å². The Morgan fingerprint density at radius 2 is 2.30 bits per heavy atom. The van der Waals surface area contributed by atoms with Gasteiger partial charge >= 0.3 is 0 Å². The number of hydrogen-bond donors (Lipinski definition) is 0. The molecule has 1 fully saturated rings. The van der Waals surface area contributed by atoms with E-state index in [1.807, 2.05) is 19.1 Å². The molecule has 0 aromatic carbocycles. The Bertz CT molecular complexity index is 489. The monoisotopic (exact) mass is 275 g/mol. The molecule has 2 atom stereocenters. The van der Waals surface area contributed by atoms with Crippen LogP contribution in [0.5, 0.6) is 0 Å². The van der Waals surface area contributed by atoms with Crippen molar-refractivity contribution in [1.29, 1.82) is 0 Å². The number of amides is 2. The van der Waals surface area contributed by atoms with Crippen LogP contribution in [0.4, 0.5) is 0 Å². The first-order valence-corrected chi connectivity index (χ1v) is 6.91. The maximum Gasteiger partial charge on any atom is 0.226 e. The third kappa shape index (κ3) is 2.98. The van der Waals surface area contributed by atoms with Gasteiger partial charge in [0.05, 0.1) is 6.04 Å². The fraction of sp³-hybridized carbons (Fsp3) is 0.533. The highest BCUT2D eigenvalue weighted by Gasteiger charge is 2.32. The second-order valence-corrected chi connectivity index (χ2v) is 5.42.